The van der Waals surface area contributed by atoms with Crippen LogP contribution in [0.2, 0.25) is 0 Å². The highest BCUT2D eigenvalue weighted by molar-refractivity contribution is 5.91. The van der Waals surface area contributed by atoms with E-state index >= 15 is 0 Å². The molecule has 1 atom stereocenters. The number of carboxylic acid groups (broad SMARTS) is 1. The van der Waals surface area contributed by atoms with E-state index in [1.165, 1.54) is 0 Å². The maximum Gasteiger partial charge on any atom is 0.358 e. The first-order chi connectivity index (χ1) is 12.6. The predicted molar refractivity (Wildman–Crippen MR) is 94.9 cm³/mol. The van der Waals surface area contributed by atoms with Crippen molar-refractivity contribution in [2.24, 2.45) is 0 Å². The van der Waals surface area contributed by atoms with Gasteiger partial charge in [0.2, 0.25) is 0 Å². The number of anilines is 1. The molecule has 1 aliphatic rings. The van der Waals surface area contributed by atoms with Gasteiger partial charge in [0.25, 0.3) is 0 Å². The molecule has 1 saturated heterocycles. The lowest BCUT2D eigenvalue weighted by molar-refractivity contribution is -0.0396. The lowest BCUT2D eigenvalue weighted by Gasteiger charge is -2.22. The molecule has 1 aromatic carbocycles. The first-order valence-electron chi connectivity index (χ1n) is 8.51. The molecule has 0 aliphatic carbocycles. The van der Waals surface area contributed by atoms with Gasteiger partial charge in [0.1, 0.15) is 6.23 Å². The Morgan fingerprint density at radius 1 is 1.35 bits per heavy atom. The lowest BCUT2D eigenvalue weighted by Crippen LogP contribution is -2.19. The molecule has 0 bridgehead atoms. The number of benzene rings is 1. The number of nitrogens with zero attached hydrogens (tertiary/aromatic N) is 2. The van der Waals surface area contributed by atoms with Gasteiger partial charge in [-0.3, -0.25) is 0 Å². The van der Waals surface area contributed by atoms with Crippen LogP contribution < -0.4 is 14.8 Å². The van der Waals surface area contributed by atoms with E-state index in [2.05, 4.69) is 10.4 Å². The third kappa shape index (κ3) is 3.91. The number of hydrogen-bond acceptors (Lipinski definition) is 6. The molecule has 0 spiro atoms. The number of ether oxygens (including phenoxy) is 3. The summed E-state index contributed by atoms with van der Waals surface area (Å²) in [6.45, 7) is 1.10. The van der Waals surface area contributed by atoms with Gasteiger partial charge in [-0.05, 0) is 37.0 Å². The van der Waals surface area contributed by atoms with Crippen molar-refractivity contribution in [3.63, 3.8) is 0 Å². The summed E-state index contributed by atoms with van der Waals surface area (Å²) in [7, 11) is 3.16. The summed E-state index contributed by atoms with van der Waals surface area (Å²) in [5.74, 6) is 0.190. The molecule has 140 valence electrons. The first kappa shape index (κ1) is 18.1. The Morgan fingerprint density at radius 3 is 2.81 bits per heavy atom. The maximum absolute atomic E-state index is 11.5. The van der Waals surface area contributed by atoms with Crippen LogP contribution in [0.4, 0.5) is 5.69 Å². The number of carbonyl (C=O) groups is 1. The van der Waals surface area contributed by atoms with Crippen LogP contribution in [0, 0.1) is 0 Å². The molecule has 8 nitrogen and oxygen atoms in total. The summed E-state index contributed by atoms with van der Waals surface area (Å²) in [6.07, 6.45) is 4.38. The molecular formula is C18H23N3O5. The van der Waals surface area contributed by atoms with Crippen LogP contribution in [0.3, 0.4) is 0 Å². The largest absolute Gasteiger partial charge is 0.493 e. The van der Waals surface area contributed by atoms with Gasteiger partial charge in [0.15, 0.2) is 17.2 Å². The van der Waals surface area contributed by atoms with Crippen molar-refractivity contribution in [3.05, 3.63) is 35.7 Å². The van der Waals surface area contributed by atoms with Crippen LogP contribution in [0.25, 0.3) is 0 Å². The monoisotopic (exact) mass is 361 g/mol. The van der Waals surface area contributed by atoms with Gasteiger partial charge in [0.05, 0.1) is 26.1 Å². The summed E-state index contributed by atoms with van der Waals surface area (Å²) >= 11 is 0. The highest BCUT2D eigenvalue weighted by Crippen LogP contribution is 2.29. The number of aromatic nitrogens is 2. The molecule has 2 heterocycles. The number of aromatic carboxylic acids is 1. The second kappa shape index (κ2) is 8.09. The predicted octanol–water partition coefficient (Wildman–Crippen LogP) is 2.91. The van der Waals surface area contributed by atoms with Crippen LogP contribution in [0.5, 0.6) is 11.5 Å². The van der Waals surface area contributed by atoms with Crippen molar-refractivity contribution in [3.8, 4) is 11.5 Å². The van der Waals surface area contributed by atoms with E-state index in [0.717, 1.165) is 24.8 Å². The fraction of sp³-hybridized carbons (Fsp3) is 0.444. The molecule has 1 unspecified atom stereocenters. The third-order valence-electron chi connectivity index (χ3n) is 4.32. The van der Waals surface area contributed by atoms with Crippen molar-refractivity contribution >= 4 is 11.7 Å². The van der Waals surface area contributed by atoms with Crippen LogP contribution in [0.1, 0.15) is 41.5 Å². The lowest BCUT2D eigenvalue weighted by atomic mass is 10.2. The second-order valence-corrected chi connectivity index (χ2v) is 6.04. The molecule has 26 heavy (non-hydrogen) atoms. The quantitative estimate of drug-likeness (QED) is 0.783. The standard InChI is InChI=1S/C18H23N3O5/c1-24-14-7-6-12(9-15(14)25-2)10-19-13-11-21(20-17(13)18(22)23)16-5-3-4-8-26-16/h6-7,9,11,16,19H,3-5,8,10H2,1-2H3,(H,22,23). The Balaban J connectivity index is 1.76. The van der Waals surface area contributed by atoms with Crippen molar-refractivity contribution in [2.45, 2.75) is 32.0 Å². The molecule has 1 aromatic heterocycles. The molecule has 2 aromatic rings. The van der Waals surface area contributed by atoms with Crippen molar-refractivity contribution in [2.75, 3.05) is 26.1 Å². The Hall–Kier alpha value is -2.74. The SMILES string of the molecule is COc1ccc(CNc2cn(C3CCCCO3)nc2C(=O)O)cc1OC. The number of hydrogen-bond donors (Lipinski definition) is 2. The fourth-order valence-corrected chi connectivity index (χ4v) is 2.95. The molecule has 3 rings (SSSR count). The van der Waals surface area contributed by atoms with Gasteiger partial charge in [-0.25, -0.2) is 9.48 Å². The molecule has 0 radical (unpaired) electrons. The molecule has 8 heteroatoms. The zero-order chi connectivity index (χ0) is 18.5. The number of nitrogens with one attached hydrogen (secondary N) is 1. The zero-order valence-corrected chi connectivity index (χ0v) is 14.9. The Labute approximate surface area is 151 Å². The minimum Gasteiger partial charge on any atom is -0.493 e. The van der Waals surface area contributed by atoms with E-state index < -0.39 is 5.97 Å². The van der Waals surface area contributed by atoms with Crippen molar-refractivity contribution in [1.29, 1.82) is 0 Å². The van der Waals surface area contributed by atoms with E-state index in [9.17, 15) is 9.90 Å². The topological polar surface area (TPSA) is 94.8 Å². The van der Waals surface area contributed by atoms with Crippen molar-refractivity contribution < 1.29 is 24.1 Å². The van der Waals surface area contributed by atoms with Gasteiger partial charge in [-0.15, -0.1) is 0 Å². The molecule has 0 saturated carbocycles. The van der Waals surface area contributed by atoms with Gasteiger partial charge >= 0.3 is 5.97 Å². The normalized spacial score (nSPS) is 16.9. The number of carboxylic acids is 1. The Kier molecular flexibility index (Phi) is 5.62. The second-order valence-electron chi connectivity index (χ2n) is 6.04. The van der Waals surface area contributed by atoms with E-state index in [1.807, 2.05) is 18.2 Å². The highest BCUT2D eigenvalue weighted by Gasteiger charge is 2.22. The zero-order valence-electron chi connectivity index (χ0n) is 14.9. The summed E-state index contributed by atoms with van der Waals surface area (Å²) in [6, 6.07) is 5.55. The number of methoxy groups -OCH3 is 2. The van der Waals surface area contributed by atoms with Gasteiger partial charge in [-0.2, -0.15) is 5.10 Å². The van der Waals surface area contributed by atoms with Crippen LogP contribution >= 0.6 is 0 Å². The average Bonchev–Trinajstić information content (AvgIpc) is 3.11. The van der Waals surface area contributed by atoms with E-state index in [-0.39, 0.29) is 11.9 Å². The third-order valence-corrected chi connectivity index (χ3v) is 4.32. The molecule has 1 aliphatic heterocycles. The molecule has 0 amide bonds. The van der Waals surface area contributed by atoms with Gasteiger partial charge in [0, 0.05) is 13.2 Å². The maximum atomic E-state index is 11.5. The average molecular weight is 361 g/mol. The van der Waals surface area contributed by atoms with E-state index in [4.69, 9.17) is 14.2 Å². The van der Waals surface area contributed by atoms with Crippen LogP contribution in [0.15, 0.2) is 24.4 Å². The fourth-order valence-electron chi connectivity index (χ4n) is 2.95. The van der Waals surface area contributed by atoms with Gasteiger partial charge < -0.3 is 24.6 Å². The van der Waals surface area contributed by atoms with Gasteiger partial charge in [-0.1, -0.05) is 6.07 Å². The molecule has 1 fully saturated rings. The smallest absolute Gasteiger partial charge is 0.358 e. The van der Waals surface area contributed by atoms with E-state index in [1.54, 1.807) is 25.1 Å². The minimum absolute atomic E-state index is 0.0142. The first-order valence-corrected chi connectivity index (χ1v) is 8.51. The summed E-state index contributed by atoms with van der Waals surface area (Å²) in [4.78, 5) is 11.5. The summed E-state index contributed by atoms with van der Waals surface area (Å²) in [5, 5.41) is 16.8. The number of rotatable bonds is 7. The van der Waals surface area contributed by atoms with Crippen molar-refractivity contribution in [1.82, 2.24) is 9.78 Å². The highest BCUT2D eigenvalue weighted by atomic mass is 16.5. The Bertz CT molecular complexity index is 768. The minimum atomic E-state index is -1.07. The Morgan fingerprint density at radius 2 is 2.15 bits per heavy atom. The van der Waals surface area contributed by atoms with Crippen LogP contribution in [-0.2, 0) is 11.3 Å². The van der Waals surface area contributed by atoms with Crippen LogP contribution in [-0.4, -0.2) is 41.7 Å². The van der Waals surface area contributed by atoms with E-state index in [0.29, 0.717) is 30.3 Å². The molecule has 2 N–H and O–H groups in total. The summed E-state index contributed by atoms with van der Waals surface area (Å²) in [5.41, 5.74) is 1.38. The summed E-state index contributed by atoms with van der Waals surface area (Å²) < 4.78 is 17.8. The molecular weight excluding hydrogens is 338 g/mol.